The number of hydrogen-bond acceptors (Lipinski definition) is 3. The number of benzene rings is 2. The van der Waals surface area contributed by atoms with Gasteiger partial charge in [0.05, 0.1) is 7.11 Å². The van der Waals surface area contributed by atoms with Crippen molar-refractivity contribution in [2.24, 2.45) is 0 Å². The lowest BCUT2D eigenvalue weighted by Crippen LogP contribution is -1.97. The number of methoxy groups -OCH3 is 1. The van der Waals surface area contributed by atoms with Crippen molar-refractivity contribution in [1.29, 1.82) is 0 Å². The van der Waals surface area contributed by atoms with Gasteiger partial charge >= 0.3 is 7.82 Å². The fourth-order valence-electron chi connectivity index (χ4n) is 2.69. The molecule has 2 N–H and O–H groups in total. The van der Waals surface area contributed by atoms with Crippen molar-refractivity contribution in [3.8, 4) is 11.5 Å². The number of phosphoric acid groups is 1. The van der Waals surface area contributed by atoms with Crippen molar-refractivity contribution in [3.05, 3.63) is 58.7 Å². The third-order valence-electron chi connectivity index (χ3n) is 3.55. The first-order valence-electron chi connectivity index (χ1n) is 7.26. The van der Waals surface area contributed by atoms with Crippen LogP contribution < -0.4 is 9.26 Å². The van der Waals surface area contributed by atoms with Crippen LogP contribution in [0.1, 0.15) is 22.3 Å². The van der Waals surface area contributed by atoms with Gasteiger partial charge in [-0.25, -0.2) is 4.57 Å². The molecule has 0 aliphatic heterocycles. The molecule has 2 aromatic rings. The molecule has 0 spiro atoms. The number of phosphoric ester groups is 1. The SMILES string of the molecule is COc1c(C)cc(CCc2cccc(OP(=O)(O)O)c2)cc1C. The second-order valence-corrected chi connectivity index (χ2v) is 6.66. The Morgan fingerprint density at radius 1 is 1.00 bits per heavy atom. The number of ether oxygens (including phenoxy) is 1. The molecule has 0 aliphatic rings. The molecule has 0 aliphatic carbocycles. The van der Waals surface area contributed by atoms with E-state index in [0.717, 1.165) is 35.3 Å². The van der Waals surface area contributed by atoms with E-state index in [1.165, 1.54) is 11.6 Å². The molecule has 0 amide bonds. The average molecular weight is 336 g/mol. The van der Waals surface area contributed by atoms with E-state index in [4.69, 9.17) is 14.5 Å². The van der Waals surface area contributed by atoms with Crippen molar-refractivity contribution >= 4 is 7.82 Å². The summed E-state index contributed by atoms with van der Waals surface area (Å²) in [5.41, 5.74) is 4.35. The van der Waals surface area contributed by atoms with Gasteiger partial charge in [-0.2, -0.15) is 0 Å². The molecule has 0 aromatic heterocycles. The largest absolute Gasteiger partial charge is 0.524 e. The number of rotatable bonds is 6. The van der Waals surface area contributed by atoms with Gasteiger partial charge in [0.1, 0.15) is 11.5 Å². The van der Waals surface area contributed by atoms with Gasteiger partial charge in [0.25, 0.3) is 0 Å². The van der Waals surface area contributed by atoms with Crippen LogP contribution in [-0.4, -0.2) is 16.9 Å². The second kappa shape index (κ2) is 7.18. The lowest BCUT2D eigenvalue weighted by Gasteiger charge is -2.12. The summed E-state index contributed by atoms with van der Waals surface area (Å²) in [5.74, 6) is 1.09. The van der Waals surface area contributed by atoms with Gasteiger partial charge in [-0.05, 0) is 61.1 Å². The van der Waals surface area contributed by atoms with Crippen LogP contribution in [0.4, 0.5) is 0 Å². The summed E-state index contributed by atoms with van der Waals surface area (Å²) in [6, 6.07) is 11.0. The topological polar surface area (TPSA) is 76.0 Å². The maximum absolute atomic E-state index is 10.9. The molecular formula is C17H21O5P. The van der Waals surface area contributed by atoms with Gasteiger partial charge in [0.2, 0.25) is 0 Å². The quantitative estimate of drug-likeness (QED) is 0.789. The summed E-state index contributed by atoms with van der Waals surface area (Å²) in [4.78, 5) is 17.7. The molecule has 0 saturated heterocycles. The third kappa shape index (κ3) is 5.10. The van der Waals surface area contributed by atoms with Gasteiger partial charge in [0, 0.05) is 0 Å². The number of hydrogen-bond donors (Lipinski definition) is 2. The molecule has 5 nitrogen and oxygen atoms in total. The highest BCUT2D eigenvalue weighted by Crippen LogP contribution is 2.37. The fourth-order valence-corrected chi connectivity index (χ4v) is 3.08. The molecule has 2 rings (SSSR count). The monoisotopic (exact) mass is 336 g/mol. The Morgan fingerprint density at radius 3 is 2.17 bits per heavy atom. The highest BCUT2D eigenvalue weighted by molar-refractivity contribution is 7.46. The highest BCUT2D eigenvalue weighted by atomic mass is 31.2. The van der Waals surface area contributed by atoms with Crippen LogP contribution in [0.2, 0.25) is 0 Å². The molecule has 23 heavy (non-hydrogen) atoms. The van der Waals surface area contributed by atoms with E-state index >= 15 is 0 Å². The van der Waals surface area contributed by atoms with Gasteiger partial charge < -0.3 is 9.26 Å². The molecule has 0 atom stereocenters. The smallest absolute Gasteiger partial charge is 0.496 e. The summed E-state index contributed by atoms with van der Waals surface area (Å²) in [6.45, 7) is 4.04. The summed E-state index contributed by atoms with van der Waals surface area (Å²) in [6.07, 6.45) is 1.58. The van der Waals surface area contributed by atoms with Crippen LogP contribution >= 0.6 is 7.82 Å². The van der Waals surface area contributed by atoms with Crippen LogP contribution in [0, 0.1) is 13.8 Å². The average Bonchev–Trinajstić information content (AvgIpc) is 2.43. The zero-order valence-electron chi connectivity index (χ0n) is 13.4. The van der Waals surface area contributed by atoms with E-state index in [0.29, 0.717) is 0 Å². The normalized spacial score (nSPS) is 11.3. The minimum Gasteiger partial charge on any atom is -0.496 e. The summed E-state index contributed by atoms with van der Waals surface area (Å²) < 4.78 is 20.9. The number of aryl methyl sites for hydroxylation is 4. The van der Waals surface area contributed by atoms with E-state index in [2.05, 4.69) is 16.7 Å². The van der Waals surface area contributed by atoms with Crippen LogP contribution in [0.25, 0.3) is 0 Å². The molecule has 0 saturated carbocycles. The standard InChI is InChI=1S/C17H21O5P/c1-12-9-15(10-13(2)17(12)21-3)8-7-14-5-4-6-16(11-14)22-23(18,19)20/h4-6,9-11H,7-8H2,1-3H3,(H2,18,19,20). The first-order chi connectivity index (χ1) is 10.8. The minimum atomic E-state index is -4.52. The Morgan fingerprint density at radius 2 is 1.61 bits per heavy atom. The Hall–Kier alpha value is -1.81. The van der Waals surface area contributed by atoms with Crippen LogP contribution in [-0.2, 0) is 17.4 Å². The van der Waals surface area contributed by atoms with Crippen molar-refractivity contribution in [1.82, 2.24) is 0 Å². The van der Waals surface area contributed by atoms with Crippen molar-refractivity contribution in [2.75, 3.05) is 7.11 Å². The Labute approximate surface area is 136 Å². The first kappa shape index (κ1) is 17.5. The third-order valence-corrected chi connectivity index (χ3v) is 4.00. The van der Waals surface area contributed by atoms with Gasteiger partial charge in [0.15, 0.2) is 0 Å². The maximum Gasteiger partial charge on any atom is 0.524 e. The van der Waals surface area contributed by atoms with Gasteiger partial charge in [-0.15, -0.1) is 0 Å². The summed E-state index contributed by atoms with van der Waals surface area (Å²) in [5, 5.41) is 0. The molecule has 2 aromatic carbocycles. The Kier molecular flexibility index (Phi) is 5.47. The molecule has 0 radical (unpaired) electrons. The molecule has 0 heterocycles. The maximum atomic E-state index is 10.9. The summed E-state index contributed by atoms with van der Waals surface area (Å²) in [7, 11) is -2.85. The van der Waals surface area contributed by atoms with Gasteiger partial charge in [-0.1, -0.05) is 24.3 Å². The van der Waals surface area contributed by atoms with E-state index in [1.807, 2.05) is 19.9 Å². The lowest BCUT2D eigenvalue weighted by atomic mass is 10.00. The molecule has 124 valence electrons. The molecule has 0 unspecified atom stereocenters. The Bertz CT molecular complexity index is 713. The predicted octanol–water partition coefficient (Wildman–Crippen LogP) is 3.57. The Balaban J connectivity index is 2.09. The second-order valence-electron chi connectivity index (χ2n) is 5.49. The minimum absolute atomic E-state index is 0.179. The van der Waals surface area contributed by atoms with E-state index in [9.17, 15) is 4.57 Å². The fraction of sp³-hybridized carbons (Fsp3) is 0.294. The zero-order valence-corrected chi connectivity index (χ0v) is 14.3. The van der Waals surface area contributed by atoms with E-state index < -0.39 is 7.82 Å². The zero-order chi connectivity index (χ0) is 17.0. The van der Waals surface area contributed by atoms with Crippen molar-refractivity contribution in [3.63, 3.8) is 0 Å². The molecule has 6 heteroatoms. The van der Waals surface area contributed by atoms with E-state index in [-0.39, 0.29) is 5.75 Å². The predicted molar refractivity (Wildman–Crippen MR) is 89.0 cm³/mol. The van der Waals surface area contributed by atoms with Crippen molar-refractivity contribution in [2.45, 2.75) is 26.7 Å². The van der Waals surface area contributed by atoms with Gasteiger partial charge in [-0.3, -0.25) is 9.79 Å². The lowest BCUT2D eigenvalue weighted by molar-refractivity contribution is 0.283. The summed E-state index contributed by atoms with van der Waals surface area (Å²) >= 11 is 0. The van der Waals surface area contributed by atoms with Crippen LogP contribution in [0.3, 0.4) is 0 Å². The van der Waals surface area contributed by atoms with Crippen LogP contribution in [0.5, 0.6) is 11.5 Å². The molecule has 0 fully saturated rings. The first-order valence-corrected chi connectivity index (χ1v) is 8.80. The highest BCUT2D eigenvalue weighted by Gasteiger charge is 2.15. The van der Waals surface area contributed by atoms with Crippen LogP contribution in [0.15, 0.2) is 36.4 Å². The molecule has 0 bridgehead atoms. The van der Waals surface area contributed by atoms with E-state index in [1.54, 1.807) is 19.2 Å². The molecular weight excluding hydrogens is 315 g/mol. The van der Waals surface area contributed by atoms with Crippen molar-refractivity contribution < 1.29 is 23.6 Å².